The molecule has 1 aliphatic heterocycles. The highest BCUT2D eigenvalue weighted by Crippen LogP contribution is 2.25. The Labute approximate surface area is 183 Å². The van der Waals surface area contributed by atoms with Gasteiger partial charge >= 0.3 is 0 Å². The largest absolute Gasteiger partial charge is 0.381 e. The number of carbonyl (C=O) groups excluding carboxylic acids is 1. The van der Waals surface area contributed by atoms with Gasteiger partial charge in [0.05, 0.1) is 0 Å². The number of amides is 1. The monoisotopic (exact) mass is 424 g/mol. The maximum absolute atomic E-state index is 11.9. The Morgan fingerprint density at radius 3 is 2.55 bits per heavy atom. The lowest BCUT2D eigenvalue weighted by atomic mass is 9.91. The van der Waals surface area contributed by atoms with E-state index in [1.54, 1.807) is 0 Å². The zero-order valence-corrected chi connectivity index (χ0v) is 17.8. The van der Waals surface area contributed by atoms with Crippen molar-refractivity contribution in [2.45, 2.75) is 57.0 Å². The van der Waals surface area contributed by atoms with Gasteiger partial charge in [-0.25, -0.2) is 4.98 Å². The third kappa shape index (κ3) is 5.71. The van der Waals surface area contributed by atoms with E-state index >= 15 is 0 Å². The van der Waals surface area contributed by atoms with Gasteiger partial charge in [0.15, 0.2) is 0 Å². The van der Waals surface area contributed by atoms with Crippen LogP contribution in [0.25, 0.3) is 0 Å². The second-order valence-corrected chi connectivity index (χ2v) is 8.60. The number of nitrogens with one attached hydrogen (secondary N) is 2. The van der Waals surface area contributed by atoms with Crippen molar-refractivity contribution in [1.29, 1.82) is 0 Å². The van der Waals surface area contributed by atoms with Crippen molar-refractivity contribution in [2.75, 3.05) is 23.8 Å². The molecule has 166 valence electrons. The fraction of sp³-hybridized carbons (Fsp3) is 0.522. The topological polar surface area (TPSA) is 128 Å². The van der Waals surface area contributed by atoms with Crippen molar-refractivity contribution in [3.8, 4) is 0 Å². The van der Waals surface area contributed by atoms with Crippen LogP contribution in [0.1, 0.15) is 54.4 Å². The average Bonchev–Trinajstić information content (AvgIpc) is 2.77. The van der Waals surface area contributed by atoms with E-state index in [0.717, 1.165) is 63.8 Å². The molecule has 1 saturated carbocycles. The van der Waals surface area contributed by atoms with Crippen LogP contribution in [0.2, 0.25) is 0 Å². The van der Waals surface area contributed by atoms with Gasteiger partial charge in [0, 0.05) is 37.2 Å². The molecule has 1 aromatic heterocycles. The standard InChI is InChI=1S/C23H32N6O2/c24-19-3-1-2-4-20(19)28-23-26-14-18(21(25)30)22(29-23)27-17-7-5-15(6-8-17)13-16-9-11-31-12-10-16/h5-8,14,16,19-20H,1-4,9-13,24H2,(H2,25,30)(H2,26,27,28,29)/t19-,20+/m0/s1. The predicted octanol–water partition coefficient (Wildman–Crippen LogP) is 2.97. The van der Waals surface area contributed by atoms with Crippen molar-refractivity contribution >= 4 is 23.4 Å². The number of benzene rings is 1. The van der Waals surface area contributed by atoms with E-state index in [2.05, 4.69) is 32.7 Å². The summed E-state index contributed by atoms with van der Waals surface area (Å²) in [6, 6.07) is 8.45. The van der Waals surface area contributed by atoms with Gasteiger partial charge in [0.1, 0.15) is 11.4 Å². The first-order valence-electron chi connectivity index (χ1n) is 11.2. The predicted molar refractivity (Wildman–Crippen MR) is 121 cm³/mol. The number of hydrogen-bond acceptors (Lipinski definition) is 7. The van der Waals surface area contributed by atoms with Gasteiger partial charge in [-0.15, -0.1) is 0 Å². The first-order valence-corrected chi connectivity index (χ1v) is 11.2. The minimum Gasteiger partial charge on any atom is -0.381 e. The van der Waals surface area contributed by atoms with Crippen molar-refractivity contribution in [3.63, 3.8) is 0 Å². The average molecular weight is 425 g/mol. The normalized spacial score (nSPS) is 22.1. The second kappa shape index (κ2) is 10.1. The van der Waals surface area contributed by atoms with Crippen molar-refractivity contribution in [1.82, 2.24) is 9.97 Å². The van der Waals surface area contributed by atoms with Crippen LogP contribution in [-0.4, -0.2) is 41.2 Å². The number of primary amides is 1. The molecule has 2 heterocycles. The molecular formula is C23H32N6O2. The lowest BCUT2D eigenvalue weighted by Crippen LogP contribution is -2.43. The van der Waals surface area contributed by atoms with Crippen LogP contribution >= 0.6 is 0 Å². The molecule has 0 spiro atoms. The number of rotatable bonds is 7. The molecule has 8 heteroatoms. The number of ether oxygens (including phenoxy) is 1. The Balaban J connectivity index is 1.46. The number of hydrogen-bond donors (Lipinski definition) is 4. The maximum Gasteiger partial charge on any atom is 0.254 e. The molecule has 31 heavy (non-hydrogen) atoms. The van der Waals surface area contributed by atoms with Crippen LogP contribution in [0.5, 0.6) is 0 Å². The molecule has 0 radical (unpaired) electrons. The molecule has 2 aliphatic rings. The molecule has 1 aliphatic carbocycles. The Morgan fingerprint density at radius 1 is 1.10 bits per heavy atom. The Morgan fingerprint density at radius 2 is 1.84 bits per heavy atom. The van der Waals surface area contributed by atoms with Gasteiger partial charge < -0.3 is 26.8 Å². The summed E-state index contributed by atoms with van der Waals surface area (Å²) < 4.78 is 5.44. The van der Waals surface area contributed by atoms with E-state index in [0.29, 0.717) is 17.7 Å². The third-order valence-electron chi connectivity index (χ3n) is 6.27. The SMILES string of the molecule is NC(=O)c1cnc(N[C@@H]2CCCC[C@@H]2N)nc1Nc1ccc(CC2CCOCC2)cc1. The summed E-state index contributed by atoms with van der Waals surface area (Å²) in [6.07, 6.45) is 9.01. The van der Waals surface area contributed by atoms with Gasteiger partial charge in [-0.05, 0) is 55.7 Å². The zero-order valence-electron chi connectivity index (χ0n) is 17.8. The molecule has 8 nitrogen and oxygen atoms in total. The molecule has 1 amide bonds. The summed E-state index contributed by atoms with van der Waals surface area (Å²) in [7, 11) is 0. The van der Waals surface area contributed by atoms with Crippen LogP contribution in [-0.2, 0) is 11.2 Å². The summed E-state index contributed by atoms with van der Waals surface area (Å²) in [5.74, 6) is 0.952. The van der Waals surface area contributed by atoms with Crippen LogP contribution in [0.4, 0.5) is 17.5 Å². The quantitative estimate of drug-likeness (QED) is 0.538. The van der Waals surface area contributed by atoms with E-state index in [-0.39, 0.29) is 17.6 Å². The molecule has 2 aromatic rings. The summed E-state index contributed by atoms with van der Waals surface area (Å²) in [5.41, 5.74) is 14.2. The summed E-state index contributed by atoms with van der Waals surface area (Å²) >= 11 is 0. The van der Waals surface area contributed by atoms with Crippen LogP contribution in [0.3, 0.4) is 0 Å². The summed E-state index contributed by atoms with van der Waals surface area (Å²) in [5, 5.41) is 6.56. The van der Waals surface area contributed by atoms with Crippen molar-refractivity contribution in [2.24, 2.45) is 17.4 Å². The Hall–Kier alpha value is -2.71. The molecular weight excluding hydrogens is 392 g/mol. The lowest BCUT2D eigenvalue weighted by Gasteiger charge is -2.29. The smallest absolute Gasteiger partial charge is 0.254 e. The minimum atomic E-state index is -0.570. The minimum absolute atomic E-state index is 0.0767. The first kappa shape index (κ1) is 21.5. The van der Waals surface area contributed by atoms with Gasteiger partial charge in [0.2, 0.25) is 5.95 Å². The first-order chi connectivity index (χ1) is 15.1. The highest BCUT2D eigenvalue weighted by atomic mass is 16.5. The maximum atomic E-state index is 11.9. The molecule has 1 aromatic carbocycles. The van der Waals surface area contributed by atoms with E-state index < -0.39 is 5.91 Å². The number of aromatic nitrogens is 2. The van der Waals surface area contributed by atoms with Gasteiger partial charge in [0.25, 0.3) is 5.91 Å². The van der Waals surface area contributed by atoms with E-state index in [1.165, 1.54) is 11.8 Å². The molecule has 0 unspecified atom stereocenters. The van der Waals surface area contributed by atoms with E-state index in [9.17, 15) is 4.79 Å². The number of nitrogens with zero attached hydrogens (tertiary/aromatic N) is 2. The van der Waals surface area contributed by atoms with Crippen molar-refractivity contribution < 1.29 is 9.53 Å². The molecule has 2 fully saturated rings. The van der Waals surface area contributed by atoms with E-state index in [1.807, 2.05) is 12.1 Å². The highest BCUT2D eigenvalue weighted by molar-refractivity contribution is 5.98. The highest BCUT2D eigenvalue weighted by Gasteiger charge is 2.23. The Kier molecular flexibility index (Phi) is 6.99. The van der Waals surface area contributed by atoms with Gasteiger partial charge in [-0.3, -0.25) is 4.79 Å². The number of carbonyl (C=O) groups is 1. The fourth-order valence-electron chi connectivity index (χ4n) is 4.38. The molecule has 2 atom stereocenters. The lowest BCUT2D eigenvalue weighted by molar-refractivity contribution is 0.0665. The van der Waals surface area contributed by atoms with Gasteiger partial charge in [-0.2, -0.15) is 4.98 Å². The van der Waals surface area contributed by atoms with Crippen LogP contribution in [0, 0.1) is 5.92 Å². The molecule has 4 rings (SSSR count). The number of anilines is 3. The van der Waals surface area contributed by atoms with Crippen molar-refractivity contribution in [3.05, 3.63) is 41.6 Å². The number of nitrogens with two attached hydrogens (primary N) is 2. The second-order valence-electron chi connectivity index (χ2n) is 8.60. The van der Waals surface area contributed by atoms with E-state index in [4.69, 9.17) is 16.2 Å². The molecule has 0 bridgehead atoms. The Bertz CT molecular complexity index is 882. The fourth-order valence-corrected chi connectivity index (χ4v) is 4.38. The van der Waals surface area contributed by atoms with Crippen LogP contribution < -0.4 is 22.1 Å². The molecule has 1 saturated heterocycles. The van der Waals surface area contributed by atoms with Crippen LogP contribution in [0.15, 0.2) is 30.5 Å². The zero-order chi connectivity index (χ0) is 21.6. The summed E-state index contributed by atoms with van der Waals surface area (Å²) in [4.78, 5) is 20.7. The third-order valence-corrected chi connectivity index (χ3v) is 6.27. The summed E-state index contributed by atoms with van der Waals surface area (Å²) in [6.45, 7) is 1.71. The molecule has 6 N–H and O–H groups in total. The van der Waals surface area contributed by atoms with Gasteiger partial charge in [-0.1, -0.05) is 25.0 Å².